The van der Waals surface area contributed by atoms with Gasteiger partial charge in [-0.15, -0.1) is 11.3 Å². The molecule has 0 saturated heterocycles. The molecule has 1 atom stereocenters. The second-order valence-electron chi connectivity index (χ2n) is 2.64. The fraction of sp³-hybridized carbons (Fsp3) is 0.571. The third-order valence-corrected chi connectivity index (χ3v) is 2.40. The Balaban J connectivity index is 2.60. The third-order valence-electron chi connectivity index (χ3n) is 1.41. The number of rotatable bonds is 2. The van der Waals surface area contributed by atoms with Crippen LogP contribution in [0.25, 0.3) is 0 Å². The lowest BCUT2D eigenvalue weighted by Gasteiger charge is -2.12. The minimum atomic E-state index is -4.56. The summed E-state index contributed by atoms with van der Waals surface area (Å²) in [7, 11) is 0. The second-order valence-corrected chi connectivity index (χ2v) is 3.59. The Morgan fingerprint density at radius 2 is 2.23 bits per heavy atom. The predicted octanol–water partition coefficient (Wildman–Crippen LogP) is 1.92. The molecule has 2 nitrogen and oxygen atoms in total. The number of aliphatic hydroxyl groups is 1. The smallest absolute Gasteiger partial charge is 0.383 e. The number of alkyl halides is 3. The summed E-state index contributed by atoms with van der Waals surface area (Å²) in [6.07, 6.45) is -7.32. The van der Waals surface area contributed by atoms with Gasteiger partial charge < -0.3 is 5.11 Å². The first-order chi connectivity index (χ1) is 5.89. The van der Waals surface area contributed by atoms with E-state index in [-0.39, 0.29) is 0 Å². The molecule has 1 aromatic rings. The van der Waals surface area contributed by atoms with Crippen molar-refractivity contribution in [3.8, 4) is 0 Å². The van der Waals surface area contributed by atoms with Gasteiger partial charge in [-0.2, -0.15) is 13.2 Å². The fourth-order valence-electron chi connectivity index (χ4n) is 0.778. The van der Waals surface area contributed by atoms with Gasteiger partial charge in [0, 0.05) is 17.5 Å². The largest absolute Gasteiger partial charge is 0.414 e. The lowest BCUT2D eigenvalue weighted by atomic mass is 10.2. The van der Waals surface area contributed by atoms with E-state index in [4.69, 9.17) is 5.11 Å². The molecule has 13 heavy (non-hydrogen) atoms. The molecule has 0 amide bonds. The summed E-state index contributed by atoms with van der Waals surface area (Å²) in [5.74, 6) is 0. The van der Waals surface area contributed by atoms with E-state index in [1.165, 1.54) is 0 Å². The number of nitrogens with zero attached hydrogens (tertiary/aromatic N) is 1. The van der Waals surface area contributed by atoms with Gasteiger partial charge in [0.1, 0.15) is 0 Å². The molecule has 0 spiro atoms. The molecule has 1 heterocycles. The quantitative estimate of drug-likeness (QED) is 0.810. The maximum Gasteiger partial charge on any atom is 0.414 e. The zero-order valence-corrected chi connectivity index (χ0v) is 7.61. The van der Waals surface area contributed by atoms with Gasteiger partial charge in [0.05, 0.1) is 5.01 Å². The van der Waals surface area contributed by atoms with E-state index in [1.807, 2.05) is 0 Å². The van der Waals surface area contributed by atoms with Crippen LogP contribution in [0.15, 0.2) is 5.38 Å². The molecule has 0 saturated carbocycles. The van der Waals surface area contributed by atoms with Gasteiger partial charge in [0.2, 0.25) is 0 Å². The summed E-state index contributed by atoms with van der Waals surface area (Å²) < 4.78 is 35.6. The predicted molar refractivity (Wildman–Crippen MR) is 42.6 cm³/mol. The van der Waals surface area contributed by atoms with Crippen molar-refractivity contribution >= 4 is 11.3 Å². The van der Waals surface area contributed by atoms with E-state index in [0.29, 0.717) is 10.7 Å². The van der Waals surface area contributed by atoms with E-state index in [1.54, 1.807) is 12.3 Å². The molecule has 0 bridgehead atoms. The molecule has 0 aromatic carbocycles. The van der Waals surface area contributed by atoms with E-state index in [0.717, 1.165) is 11.3 Å². The minimum Gasteiger partial charge on any atom is -0.383 e. The van der Waals surface area contributed by atoms with E-state index < -0.39 is 18.7 Å². The highest BCUT2D eigenvalue weighted by atomic mass is 32.1. The van der Waals surface area contributed by atoms with Crippen molar-refractivity contribution in [1.82, 2.24) is 4.98 Å². The molecule has 0 fully saturated rings. The van der Waals surface area contributed by atoms with Crippen LogP contribution in [0.1, 0.15) is 10.7 Å². The van der Waals surface area contributed by atoms with Crippen molar-refractivity contribution in [2.24, 2.45) is 0 Å². The molecule has 6 heteroatoms. The number of aryl methyl sites for hydroxylation is 1. The maximum absolute atomic E-state index is 11.9. The van der Waals surface area contributed by atoms with Gasteiger partial charge in [0.25, 0.3) is 0 Å². The van der Waals surface area contributed by atoms with Crippen molar-refractivity contribution in [2.45, 2.75) is 25.6 Å². The first-order valence-corrected chi connectivity index (χ1v) is 4.43. The summed E-state index contributed by atoms with van der Waals surface area (Å²) in [5, 5.41) is 10.6. The van der Waals surface area contributed by atoms with Gasteiger partial charge in [-0.3, -0.25) is 0 Å². The highest BCUT2D eigenvalue weighted by Crippen LogP contribution is 2.23. The van der Waals surface area contributed by atoms with Crippen LogP contribution < -0.4 is 0 Å². The van der Waals surface area contributed by atoms with Crippen molar-refractivity contribution < 1.29 is 18.3 Å². The lowest BCUT2D eigenvalue weighted by Crippen LogP contribution is -2.30. The molecule has 74 valence electrons. The van der Waals surface area contributed by atoms with Crippen molar-refractivity contribution in [3.05, 3.63) is 16.1 Å². The molecule has 0 aliphatic rings. The van der Waals surface area contributed by atoms with Gasteiger partial charge in [-0.1, -0.05) is 0 Å². The van der Waals surface area contributed by atoms with Crippen molar-refractivity contribution in [3.63, 3.8) is 0 Å². The number of thiazole rings is 1. The van der Waals surface area contributed by atoms with E-state index >= 15 is 0 Å². The van der Waals surface area contributed by atoms with E-state index in [2.05, 4.69) is 4.98 Å². The van der Waals surface area contributed by atoms with Crippen LogP contribution in [0.5, 0.6) is 0 Å². The summed E-state index contributed by atoms with van der Waals surface area (Å²) in [4.78, 5) is 3.82. The van der Waals surface area contributed by atoms with Gasteiger partial charge in [-0.25, -0.2) is 4.98 Å². The van der Waals surface area contributed by atoms with Crippen LogP contribution in [0.4, 0.5) is 13.2 Å². The molecule has 1 rings (SSSR count). The average molecular weight is 211 g/mol. The zero-order chi connectivity index (χ0) is 10.1. The fourth-order valence-corrected chi connectivity index (χ4v) is 1.59. The number of hydrogen-bond acceptors (Lipinski definition) is 3. The van der Waals surface area contributed by atoms with Crippen LogP contribution in [0.3, 0.4) is 0 Å². The van der Waals surface area contributed by atoms with Gasteiger partial charge in [0.15, 0.2) is 6.10 Å². The lowest BCUT2D eigenvalue weighted by molar-refractivity contribution is -0.203. The Morgan fingerprint density at radius 3 is 2.62 bits per heavy atom. The molecule has 0 unspecified atom stereocenters. The summed E-state index contributed by atoms with van der Waals surface area (Å²) in [6, 6.07) is 0. The molecule has 0 aliphatic carbocycles. The standard InChI is InChI=1S/C7H8F3NOS/c1-4-3-13-6(11-4)2-5(12)7(8,9)10/h3,5,12H,2H2,1H3/t5-/m0/s1. The summed E-state index contributed by atoms with van der Waals surface area (Å²) in [5.41, 5.74) is 0.675. The highest BCUT2D eigenvalue weighted by Gasteiger charge is 2.38. The number of halogens is 3. The van der Waals surface area contributed by atoms with Crippen LogP contribution >= 0.6 is 11.3 Å². The Kier molecular flexibility index (Phi) is 2.92. The normalized spacial score (nSPS) is 14.5. The van der Waals surface area contributed by atoms with Crippen LogP contribution in [0, 0.1) is 6.92 Å². The molecule has 1 aromatic heterocycles. The Labute approximate surface area is 77.0 Å². The van der Waals surface area contributed by atoms with Crippen LogP contribution in [0.2, 0.25) is 0 Å². The van der Waals surface area contributed by atoms with Crippen molar-refractivity contribution in [1.29, 1.82) is 0 Å². The third kappa shape index (κ3) is 2.96. The highest BCUT2D eigenvalue weighted by molar-refractivity contribution is 7.09. The molecular formula is C7H8F3NOS. The topological polar surface area (TPSA) is 33.1 Å². The second kappa shape index (κ2) is 3.63. The monoisotopic (exact) mass is 211 g/mol. The SMILES string of the molecule is Cc1csc(C[C@H](O)C(F)(F)F)n1. The van der Waals surface area contributed by atoms with Gasteiger partial charge in [-0.05, 0) is 6.92 Å². The Hall–Kier alpha value is -0.620. The van der Waals surface area contributed by atoms with Crippen LogP contribution in [-0.4, -0.2) is 22.4 Å². The Morgan fingerprint density at radius 1 is 1.62 bits per heavy atom. The minimum absolute atomic E-state index is 0.308. The molecule has 0 aliphatic heterocycles. The molecular weight excluding hydrogens is 203 g/mol. The van der Waals surface area contributed by atoms with Crippen molar-refractivity contribution in [2.75, 3.05) is 0 Å². The molecule has 0 radical (unpaired) electrons. The zero-order valence-electron chi connectivity index (χ0n) is 6.80. The first-order valence-electron chi connectivity index (χ1n) is 3.55. The first kappa shape index (κ1) is 10.5. The van der Waals surface area contributed by atoms with Crippen LogP contribution in [-0.2, 0) is 6.42 Å². The Bertz CT molecular complexity index is 284. The number of aromatic nitrogens is 1. The number of hydrogen-bond donors (Lipinski definition) is 1. The van der Waals surface area contributed by atoms with E-state index in [9.17, 15) is 13.2 Å². The van der Waals surface area contributed by atoms with Gasteiger partial charge >= 0.3 is 6.18 Å². The average Bonchev–Trinajstić information content (AvgIpc) is 2.33. The summed E-state index contributed by atoms with van der Waals surface area (Å²) in [6.45, 7) is 1.69. The summed E-state index contributed by atoms with van der Waals surface area (Å²) >= 11 is 1.12. The number of aliphatic hydroxyl groups excluding tert-OH is 1. The maximum atomic E-state index is 11.9. The molecule has 1 N–H and O–H groups in total.